The number of amides is 1. The Kier molecular flexibility index (Phi) is 5.57. The van der Waals surface area contributed by atoms with Crippen molar-refractivity contribution in [2.45, 2.75) is 33.2 Å². The molecule has 1 heterocycles. The summed E-state index contributed by atoms with van der Waals surface area (Å²) in [7, 11) is 0. The van der Waals surface area contributed by atoms with Gasteiger partial charge in [0.05, 0.1) is 11.8 Å². The van der Waals surface area contributed by atoms with Gasteiger partial charge in [-0.3, -0.25) is 9.59 Å². The van der Waals surface area contributed by atoms with E-state index in [1.807, 2.05) is 37.3 Å². The fourth-order valence-corrected chi connectivity index (χ4v) is 2.54. The normalized spacial score (nSPS) is 10.5. The summed E-state index contributed by atoms with van der Waals surface area (Å²) in [5.74, 6) is -0.981. The summed E-state index contributed by atoms with van der Waals surface area (Å²) in [5, 5.41) is 8.97. The Morgan fingerprint density at radius 3 is 2.52 bits per heavy atom. The number of nitrogens with zero attached hydrogens (tertiary/aromatic N) is 1. The van der Waals surface area contributed by atoms with E-state index < -0.39 is 5.97 Å². The molecule has 0 saturated carbocycles. The molecule has 0 atom stereocenters. The Hall–Kier alpha value is -2.56. The molecule has 0 aliphatic rings. The molecule has 2 rings (SSSR count). The van der Waals surface area contributed by atoms with Crippen molar-refractivity contribution in [3.63, 3.8) is 0 Å². The molecule has 1 aromatic carbocycles. The summed E-state index contributed by atoms with van der Waals surface area (Å²) < 4.78 is 5.28. The Morgan fingerprint density at radius 2 is 1.91 bits per heavy atom. The van der Waals surface area contributed by atoms with Crippen molar-refractivity contribution in [3.8, 4) is 0 Å². The molecule has 1 N–H and O–H groups in total. The first-order valence-corrected chi connectivity index (χ1v) is 7.64. The van der Waals surface area contributed by atoms with Crippen molar-refractivity contribution < 1.29 is 19.1 Å². The van der Waals surface area contributed by atoms with Crippen LogP contribution in [0.3, 0.4) is 0 Å². The SMILES string of the molecule is CCCN(Cc1ccccc1)C(=O)c1c(C)coc1CC(=O)O. The summed E-state index contributed by atoms with van der Waals surface area (Å²) >= 11 is 0. The second kappa shape index (κ2) is 7.63. The lowest BCUT2D eigenvalue weighted by Crippen LogP contribution is -2.32. The fourth-order valence-electron chi connectivity index (χ4n) is 2.54. The third kappa shape index (κ3) is 4.22. The van der Waals surface area contributed by atoms with Gasteiger partial charge in [0.25, 0.3) is 5.91 Å². The Balaban J connectivity index is 2.27. The zero-order valence-corrected chi connectivity index (χ0v) is 13.4. The van der Waals surface area contributed by atoms with Crippen molar-refractivity contribution in [2.75, 3.05) is 6.54 Å². The van der Waals surface area contributed by atoms with E-state index in [1.54, 1.807) is 11.8 Å². The molecule has 0 aliphatic carbocycles. The minimum Gasteiger partial charge on any atom is -0.481 e. The number of furan rings is 1. The average Bonchev–Trinajstić information content (AvgIpc) is 2.87. The van der Waals surface area contributed by atoms with E-state index in [0.717, 1.165) is 12.0 Å². The molecule has 0 spiro atoms. The van der Waals surface area contributed by atoms with Crippen LogP contribution in [0.4, 0.5) is 0 Å². The number of aliphatic carboxylic acids is 1. The fraction of sp³-hybridized carbons (Fsp3) is 0.333. The van der Waals surface area contributed by atoms with E-state index in [2.05, 4.69) is 0 Å². The molecule has 122 valence electrons. The van der Waals surface area contributed by atoms with Crippen molar-refractivity contribution in [3.05, 3.63) is 59.0 Å². The number of hydrogen-bond acceptors (Lipinski definition) is 3. The van der Waals surface area contributed by atoms with Crippen LogP contribution in [-0.4, -0.2) is 28.4 Å². The van der Waals surface area contributed by atoms with E-state index in [-0.39, 0.29) is 18.1 Å². The number of carboxylic acids is 1. The lowest BCUT2D eigenvalue weighted by Gasteiger charge is -2.22. The summed E-state index contributed by atoms with van der Waals surface area (Å²) in [4.78, 5) is 25.6. The van der Waals surface area contributed by atoms with Crippen molar-refractivity contribution in [2.24, 2.45) is 0 Å². The second-order valence-corrected chi connectivity index (χ2v) is 5.50. The van der Waals surface area contributed by atoms with Crippen molar-refractivity contribution >= 4 is 11.9 Å². The van der Waals surface area contributed by atoms with Crippen LogP contribution in [-0.2, 0) is 17.8 Å². The highest BCUT2D eigenvalue weighted by Crippen LogP contribution is 2.21. The van der Waals surface area contributed by atoms with Gasteiger partial charge in [0.15, 0.2) is 0 Å². The first-order valence-electron chi connectivity index (χ1n) is 7.64. The van der Waals surface area contributed by atoms with E-state index in [4.69, 9.17) is 9.52 Å². The zero-order chi connectivity index (χ0) is 16.8. The van der Waals surface area contributed by atoms with Crippen molar-refractivity contribution in [1.29, 1.82) is 0 Å². The van der Waals surface area contributed by atoms with Gasteiger partial charge in [0.1, 0.15) is 12.2 Å². The number of carboxylic acid groups (broad SMARTS) is 1. The second-order valence-electron chi connectivity index (χ2n) is 5.50. The molecule has 0 radical (unpaired) electrons. The lowest BCUT2D eigenvalue weighted by atomic mass is 10.1. The predicted octanol–water partition coefficient (Wildman–Crippen LogP) is 3.27. The van der Waals surface area contributed by atoms with Gasteiger partial charge in [0, 0.05) is 18.7 Å². The van der Waals surface area contributed by atoms with Crippen LogP contribution < -0.4 is 0 Å². The molecule has 1 amide bonds. The van der Waals surface area contributed by atoms with E-state index in [0.29, 0.717) is 24.2 Å². The molecular formula is C18H21NO4. The average molecular weight is 315 g/mol. The van der Waals surface area contributed by atoms with Crippen LogP contribution in [0.2, 0.25) is 0 Å². The third-order valence-corrected chi connectivity index (χ3v) is 3.57. The summed E-state index contributed by atoms with van der Waals surface area (Å²) in [5.41, 5.74) is 2.08. The predicted molar refractivity (Wildman–Crippen MR) is 86.3 cm³/mol. The van der Waals surface area contributed by atoms with E-state index >= 15 is 0 Å². The highest BCUT2D eigenvalue weighted by atomic mass is 16.4. The van der Waals surface area contributed by atoms with Gasteiger partial charge in [-0.05, 0) is 18.9 Å². The first kappa shape index (κ1) is 16.8. The van der Waals surface area contributed by atoms with Gasteiger partial charge >= 0.3 is 5.97 Å². The van der Waals surface area contributed by atoms with Crippen LogP contribution in [0, 0.1) is 6.92 Å². The van der Waals surface area contributed by atoms with Crippen LogP contribution in [0.25, 0.3) is 0 Å². The largest absolute Gasteiger partial charge is 0.481 e. The quantitative estimate of drug-likeness (QED) is 0.851. The van der Waals surface area contributed by atoms with Gasteiger partial charge in [-0.15, -0.1) is 0 Å². The maximum absolute atomic E-state index is 12.9. The van der Waals surface area contributed by atoms with Gasteiger partial charge in [-0.25, -0.2) is 0 Å². The zero-order valence-electron chi connectivity index (χ0n) is 13.4. The Labute approximate surface area is 135 Å². The number of carbonyl (C=O) groups excluding carboxylic acids is 1. The molecular weight excluding hydrogens is 294 g/mol. The minimum absolute atomic E-state index is 0.182. The molecule has 2 aromatic rings. The Bertz CT molecular complexity index is 676. The van der Waals surface area contributed by atoms with Gasteiger partial charge in [-0.1, -0.05) is 37.3 Å². The Morgan fingerprint density at radius 1 is 1.22 bits per heavy atom. The molecule has 0 bridgehead atoms. The summed E-state index contributed by atoms with van der Waals surface area (Å²) in [6, 6.07) is 9.74. The minimum atomic E-state index is -1.02. The number of benzene rings is 1. The summed E-state index contributed by atoms with van der Waals surface area (Å²) in [6.45, 7) is 4.86. The molecule has 5 nitrogen and oxygen atoms in total. The summed E-state index contributed by atoms with van der Waals surface area (Å²) in [6.07, 6.45) is 1.97. The molecule has 5 heteroatoms. The molecule has 23 heavy (non-hydrogen) atoms. The van der Waals surface area contributed by atoms with Crippen LogP contribution >= 0.6 is 0 Å². The lowest BCUT2D eigenvalue weighted by molar-refractivity contribution is -0.136. The molecule has 0 unspecified atom stereocenters. The standard InChI is InChI=1S/C18H21NO4/c1-3-9-19(11-14-7-5-4-6-8-14)18(22)17-13(2)12-23-15(17)10-16(20)21/h4-8,12H,3,9-11H2,1-2H3,(H,20,21). The number of rotatable bonds is 7. The molecule has 0 fully saturated rings. The van der Waals surface area contributed by atoms with E-state index in [1.165, 1.54) is 6.26 Å². The molecule has 0 saturated heterocycles. The highest BCUT2D eigenvalue weighted by Gasteiger charge is 2.24. The van der Waals surface area contributed by atoms with Gasteiger partial charge in [0.2, 0.25) is 0 Å². The van der Waals surface area contributed by atoms with Crippen LogP contribution in [0.15, 0.2) is 41.0 Å². The van der Waals surface area contributed by atoms with E-state index in [9.17, 15) is 9.59 Å². The molecule has 1 aromatic heterocycles. The van der Waals surface area contributed by atoms with Crippen molar-refractivity contribution in [1.82, 2.24) is 4.90 Å². The maximum Gasteiger partial charge on any atom is 0.311 e. The number of hydrogen-bond donors (Lipinski definition) is 1. The smallest absolute Gasteiger partial charge is 0.311 e. The van der Waals surface area contributed by atoms with Crippen LogP contribution in [0.1, 0.15) is 40.6 Å². The monoisotopic (exact) mass is 315 g/mol. The van der Waals surface area contributed by atoms with Gasteiger partial charge < -0.3 is 14.4 Å². The van der Waals surface area contributed by atoms with Gasteiger partial charge in [-0.2, -0.15) is 0 Å². The third-order valence-electron chi connectivity index (χ3n) is 3.57. The number of carbonyl (C=O) groups is 2. The first-order chi connectivity index (χ1) is 11.0. The number of aryl methyl sites for hydroxylation is 1. The molecule has 0 aliphatic heterocycles. The maximum atomic E-state index is 12.9. The topological polar surface area (TPSA) is 70.8 Å². The van der Waals surface area contributed by atoms with Crippen LogP contribution in [0.5, 0.6) is 0 Å². The highest BCUT2D eigenvalue weighted by molar-refractivity contribution is 5.97.